The number of rotatable bonds is 8. The molecule has 0 heterocycles. The maximum atomic E-state index is 13.1. The molecule has 1 unspecified atom stereocenters. The van der Waals surface area contributed by atoms with Crippen molar-refractivity contribution in [2.75, 3.05) is 20.3 Å². The van der Waals surface area contributed by atoms with Crippen LogP contribution in [-0.2, 0) is 11.2 Å². The van der Waals surface area contributed by atoms with Gasteiger partial charge in [-0.15, -0.1) is 0 Å². The monoisotopic (exact) mass is 273 g/mol. The number of ether oxygens (including phenoxy) is 1. The molecule has 0 spiro atoms. The van der Waals surface area contributed by atoms with Crippen LogP contribution in [0.25, 0.3) is 0 Å². The Hall–Kier alpha value is -0.640. The van der Waals surface area contributed by atoms with E-state index < -0.39 is 0 Å². The summed E-state index contributed by atoms with van der Waals surface area (Å²) in [6, 6.07) is 5.25. The van der Waals surface area contributed by atoms with E-state index in [1.165, 1.54) is 6.07 Å². The zero-order valence-corrected chi connectivity index (χ0v) is 11.8. The zero-order valence-electron chi connectivity index (χ0n) is 11.0. The molecule has 1 aromatic rings. The van der Waals surface area contributed by atoms with Crippen molar-refractivity contribution in [3.05, 3.63) is 34.6 Å². The van der Waals surface area contributed by atoms with Crippen LogP contribution in [-0.4, -0.2) is 26.3 Å². The highest BCUT2D eigenvalue weighted by Gasteiger charge is 2.10. The van der Waals surface area contributed by atoms with Crippen molar-refractivity contribution >= 4 is 11.6 Å². The van der Waals surface area contributed by atoms with Gasteiger partial charge in [-0.05, 0) is 43.5 Å². The minimum atomic E-state index is -0.365. The predicted molar refractivity (Wildman–Crippen MR) is 73.7 cm³/mol. The van der Waals surface area contributed by atoms with Crippen LogP contribution in [0.2, 0.25) is 5.02 Å². The Kier molecular flexibility index (Phi) is 7.25. The number of nitrogens with one attached hydrogen (secondary N) is 1. The highest BCUT2D eigenvalue weighted by atomic mass is 35.5. The third-order valence-electron chi connectivity index (χ3n) is 2.82. The molecule has 1 atom stereocenters. The number of hydrogen-bond donors (Lipinski definition) is 1. The van der Waals surface area contributed by atoms with E-state index in [2.05, 4.69) is 12.2 Å². The molecule has 1 aromatic carbocycles. The molecule has 0 saturated carbocycles. The van der Waals surface area contributed by atoms with Crippen molar-refractivity contribution in [1.82, 2.24) is 5.32 Å². The van der Waals surface area contributed by atoms with E-state index in [9.17, 15) is 4.39 Å². The van der Waals surface area contributed by atoms with Gasteiger partial charge in [-0.1, -0.05) is 24.6 Å². The van der Waals surface area contributed by atoms with Crippen LogP contribution in [0.1, 0.15) is 25.3 Å². The van der Waals surface area contributed by atoms with Crippen LogP contribution < -0.4 is 5.32 Å². The zero-order chi connectivity index (χ0) is 13.4. The van der Waals surface area contributed by atoms with Crippen LogP contribution in [0.15, 0.2) is 18.2 Å². The first-order valence-corrected chi connectivity index (χ1v) is 6.71. The van der Waals surface area contributed by atoms with Gasteiger partial charge in [-0.2, -0.15) is 0 Å². The summed E-state index contributed by atoms with van der Waals surface area (Å²) in [4.78, 5) is 0. The van der Waals surface area contributed by atoms with Crippen molar-refractivity contribution in [3.8, 4) is 0 Å². The van der Waals surface area contributed by atoms with Gasteiger partial charge in [0.25, 0.3) is 0 Å². The molecular weight excluding hydrogens is 253 g/mol. The summed E-state index contributed by atoms with van der Waals surface area (Å²) in [6.07, 6.45) is 2.86. The number of methoxy groups -OCH3 is 1. The van der Waals surface area contributed by atoms with Gasteiger partial charge < -0.3 is 10.1 Å². The highest BCUT2D eigenvalue weighted by molar-refractivity contribution is 6.30. The third kappa shape index (κ3) is 5.34. The van der Waals surface area contributed by atoms with Crippen LogP contribution >= 0.6 is 11.6 Å². The Morgan fingerprint density at radius 2 is 2.22 bits per heavy atom. The molecule has 0 saturated heterocycles. The Morgan fingerprint density at radius 1 is 1.44 bits per heavy atom. The summed E-state index contributed by atoms with van der Waals surface area (Å²) in [5.41, 5.74) is 1.05. The fraction of sp³-hybridized carbons (Fsp3) is 0.571. The first kappa shape index (κ1) is 15.4. The maximum absolute atomic E-state index is 13.1. The SMILES string of the molecule is CCCNC(CCOC)Cc1ccc(F)c(Cl)c1. The molecular formula is C14H21ClFNO. The summed E-state index contributed by atoms with van der Waals surface area (Å²) in [5.74, 6) is -0.365. The minimum absolute atomic E-state index is 0.188. The van der Waals surface area contributed by atoms with Gasteiger partial charge in [0.2, 0.25) is 0 Å². The number of benzene rings is 1. The lowest BCUT2D eigenvalue weighted by molar-refractivity contribution is 0.182. The van der Waals surface area contributed by atoms with E-state index in [1.807, 2.05) is 0 Å². The number of hydrogen-bond acceptors (Lipinski definition) is 2. The average Bonchev–Trinajstić information content (AvgIpc) is 2.37. The molecule has 102 valence electrons. The molecule has 2 nitrogen and oxygen atoms in total. The van der Waals surface area contributed by atoms with Gasteiger partial charge in [-0.25, -0.2) is 4.39 Å². The molecule has 0 aromatic heterocycles. The lowest BCUT2D eigenvalue weighted by Gasteiger charge is -2.18. The predicted octanol–water partition coefficient (Wildman–Crippen LogP) is 3.43. The Labute approximate surface area is 113 Å². The van der Waals surface area contributed by atoms with Crippen LogP contribution in [0.4, 0.5) is 4.39 Å². The fourth-order valence-electron chi connectivity index (χ4n) is 1.84. The minimum Gasteiger partial charge on any atom is -0.385 e. The molecule has 0 aliphatic carbocycles. The van der Waals surface area contributed by atoms with Gasteiger partial charge in [0.1, 0.15) is 5.82 Å². The van der Waals surface area contributed by atoms with E-state index in [0.717, 1.165) is 38.0 Å². The van der Waals surface area contributed by atoms with Crippen molar-refractivity contribution in [2.24, 2.45) is 0 Å². The smallest absolute Gasteiger partial charge is 0.141 e. The summed E-state index contributed by atoms with van der Waals surface area (Å²) in [5, 5.41) is 3.66. The standard InChI is InChI=1S/C14H21ClFNO/c1-3-7-17-12(6-8-18-2)9-11-4-5-14(16)13(15)10-11/h4-5,10,12,17H,3,6-9H2,1-2H3. The van der Waals surface area contributed by atoms with Crippen molar-refractivity contribution in [2.45, 2.75) is 32.2 Å². The normalized spacial score (nSPS) is 12.7. The summed E-state index contributed by atoms with van der Waals surface area (Å²) >= 11 is 5.79. The van der Waals surface area contributed by atoms with Crippen molar-refractivity contribution in [3.63, 3.8) is 0 Å². The molecule has 0 bridgehead atoms. The lowest BCUT2D eigenvalue weighted by Crippen LogP contribution is -2.32. The van der Waals surface area contributed by atoms with Gasteiger partial charge in [0, 0.05) is 19.8 Å². The van der Waals surface area contributed by atoms with E-state index in [1.54, 1.807) is 19.2 Å². The summed E-state index contributed by atoms with van der Waals surface area (Å²) in [7, 11) is 1.70. The van der Waals surface area contributed by atoms with Crippen molar-refractivity contribution in [1.29, 1.82) is 0 Å². The van der Waals surface area contributed by atoms with Gasteiger partial charge in [0.15, 0.2) is 0 Å². The lowest BCUT2D eigenvalue weighted by atomic mass is 10.0. The molecule has 0 aliphatic heterocycles. The Bertz CT molecular complexity index is 352. The second-order valence-electron chi connectivity index (χ2n) is 4.39. The molecule has 0 aliphatic rings. The molecule has 4 heteroatoms. The van der Waals surface area contributed by atoms with Gasteiger partial charge in [0.05, 0.1) is 5.02 Å². The van der Waals surface area contributed by atoms with E-state index in [4.69, 9.17) is 16.3 Å². The van der Waals surface area contributed by atoms with Crippen LogP contribution in [0.5, 0.6) is 0 Å². The molecule has 1 N–H and O–H groups in total. The van der Waals surface area contributed by atoms with E-state index >= 15 is 0 Å². The Balaban J connectivity index is 2.59. The van der Waals surface area contributed by atoms with Crippen LogP contribution in [0.3, 0.4) is 0 Å². The molecule has 18 heavy (non-hydrogen) atoms. The summed E-state index contributed by atoms with van der Waals surface area (Å²) in [6.45, 7) is 3.83. The van der Waals surface area contributed by atoms with E-state index in [-0.39, 0.29) is 10.8 Å². The first-order chi connectivity index (χ1) is 8.67. The number of halogens is 2. The Morgan fingerprint density at radius 3 is 2.83 bits per heavy atom. The second-order valence-corrected chi connectivity index (χ2v) is 4.79. The molecule has 0 radical (unpaired) electrons. The molecule has 0 fully saturated rings. The van der Waals surface area contributed by atoms with E-state index in [0.29, 0.717) is 6.04 Å². The summed E-state index contributed by atoms with van der Waals surface area (Å²) < 4.78 is 18.2. The van der Waals surface area contributed by atoms with Crippen LogP contribution in [0, 0.1) is 5.82 Å². The molecule has 1 rings (SSSR count). The second kappa shape index (κ2) is 8.46. The van der Waals surface area contributed by atoms with Gasteiger partial charge >= 0.3 is 0 Å². The average molecular weight is 274 g/mol. The molecule has 0 amide bonds. The van der Waals surface area contributed by atoms with Crippen molar-refractivity contribution < 1.29 is 9.13 Å². The van der Waals surface area contributed by atoms with Gasteiger partial charge in [-0.3, -0.25) is 0 Å². The third-order valence-corrected chi connectivity index (χ3v) is 3.11. The highest BCUT2D eigenvalue weighted by Crippen LogP contribution is 2.17. The maximum Gasteiger partial charge on any atom is 0.141 e. The fourth-order valence-corrected chi connectivity index (χ4v) is 2.04. The topological polar surface area (TPSA) is 21.3 Å². The first-order valence-electron chi connectivity index (χ1n) is 6.33. The quantitative estimate of drug-likeness (QED) is 0.784. The largest absolute Gasteiger partial charge is 0.385 e.